The van der Waals surface area contributed by atoms with E-state index in [2.05, 4.69) is 15.6 Å². The predicted octanol–water partition coefficient (Wildman–Crippen LogP) is 1.78. The van der Waals surface area contributed by atoms with Crippen molar-refractivity contribution in [1.29, 1.82) is 0 Å². The number of rotatable bonds is 5. The fourth-order valence-electron chi connectivity index (χ4n) is 3.14. The number of amides is 1. The molecule has 2 aromatic rings. The number of aliphatic carboxylic acids is 1. The first kappa shape index (κ1) is 15.2. The van der Waals surface area contributed by atoms with Crippen LogP contribution in [0.2, 0.25) is 0 Å². The van der Waals surface area contributed by atoms with Gasteiger partial charge in [-0.15, -0.1) is 5.10 Å². The average molecular weight is 314 g/mol. The number of carboxylic acid groups (broad SMARTS) is 1. The zero-order valence-electron chi connectivity index (χ0n) is 12.6. The molecule has 120 valence electrons. The molecule has 1 aliphatic rings. The Balaban J connectivity index is 1.80. The summed E-state index contributed by atoms with van der Waals surface area (Å²) < 4.78 is 1.57. The highest BCUT2D eigenvalue weighted by Gasteiger charge is 2.37. The summed E-state index contributed by atoms with van der Waals surface area (Å²) in [7, 11) is 0. The number of nitrogens with one attached hydrogen (secondary N) is 1. The van der Waals surface area contributed by atoms with Crippen LogP contribution in [0.4, 0.5) is 0 Å². The number of aromatic nitrogens is 3. The van der Waals surface area contributed by atoms with Gasteiger partial charge in [0, 0.05) is 5.56 Å². The molecule has 1 saturated carbocycles. The van der Waals surface area contributed by atoms with E-state index >= 15 is 0 Å². The van der Waals surface area contributed by atoms with Crippen LogP contribution in [0.5, 0.6) is 0 Å². The lowest BCUT2D eigenvalue weighted by Gasteiger charge is -2.28. The number of nitrogens with zero attached hydrogens (tertiary/aromatic N) is 3. The average Bonchev–Trinajstić information content (AvgIpc) is 3.19. The highest BCUT2D eigenvalue weighted by molar-refractivity contribution is 5.95. The van der Waals surface area contributed by atoms with E-state index in [1.165, 1.54) is 0 Å². The minimum absolute atomic E-state index is 0.0402. The number of hydrogen-bond donors (Lipinski definition) is 2. The van der Waals surface area contributed by atoms with Crippen LogP contribution < -0.4 is 5.32 Å². The van der Waals surface area contributed by atoms with Gasteiger partial charge in [0.2, 0.25) is 0 Å². The first-order valence-electron chi connectivity index (χ1n) is 7.59. The van der Waals surface area contributed by atoms with Crippen LogP contribution >= 0.6 is 0 Å². The molecule has 0 spiro atoms. The van der Waals surface area contributed by atoms with Crippen molar-refractivity contribution in [1.82, 2.24) is 20.3 Å². The number of hydrogen-bond acceptors (Lipinski definition) is 4. The quantitative estimate of drug-likeness (QED) is 0.877. The molecular formula is C16H18N4O3. The zero-order chi connectivity index (χ0) is 16.3. The molecule has 0 atom stereocenters. The third-order valence-corrected chi connectivity index (χ3v) is 4.22. The van der Waals surface area contributed by atoms with E-state index in [4.69, 9.17) is 5.11 Å². The normalized spacial score (nSPS) is 16.2. The van der Waals surface area contributed by atoms with Crippen LogP contribution in [0.3, 0.4) is 0 Å². The van der Waals surface area contributed by atoms with Crippen LogP contribution in [0.1, 0.15) is 42.5 Å². The molecule has 0 radical (unpaired) electrons. The molecule has 1 heterocycles. The van der Waals surface area contributed by atoms with Crippen molar-refractivity contribution in [2.24, 2.45) is 0 Å². The summed E-state index contributed by atoms with van der Waals surface area (Å²) in [6.07, 6.45) is 6.50. The van der Waals surface area contributed by atoms with Crippen LogP contribution in [0.15, 0.2) is 36.7 Å². The van der Waals surface area contributed by atoms with Gasteiger partial charge in [0.1, 0.15) is 0 Å². The molecule has 23 heavy (non-hydrogen) atoms. The molecule has 7 nitrogen and oxygen atoms in total. The molecule has 1 aromatic heterocycles. The molecule has 1 amide bonds. The summed E-state index contributed by atoms with van der Waals surface area (Å²) in [6.45, 7) is 0. The molecular weight excluding hydrogens is 296 g/mol. The molecule has 0 aliphatic heterocycles. The maximum atomic E-state index is 12.6. The van der Waals surface area contributed by atoms with Gasteiger partial charge in [0.15, 0.2) is 0 Å². The predicted molar refractivity (Wildman–Crippen MR) is 82.3 cm³/mol. The lowest BCUT2D eigenvalue weighted by Crippen LogP contribution is -2.47. The Hall–Kier alpha value is -2.70. The van der Waals surface area contributed by atoms with Gasteiger partial charge in [0.05, 0.1) is 30.0 Å². The van der Waals surface area contributed by atoms with Gasteiger partial charge >= 0.3 is 5.97 Å². The molecule has 0 unspecified atom stereocenters. The number of carbonyl (C=O) groups excluding carboxylic acids is 1. The monoisotopic (exact) mass is 314 g/mol. The second-order valence-corrected chi connectivity index (χ2v) is 5.91. The molecule has 0 saturated heterocycles. The van der Waals surface area contributed by atoms with Crippen LogP contribution in [-0.4, -0.2) is 37.5 Å². The number of carboxylic acids is 1. The molecule has 1 aliphatic carbocycles. The number of benzene rings is 1. The van der Waals surface area contributed by atoms with Crippen molar-refractivity contribution >= 4 is 11.9 Å². The topological polar surface area (TPSA) is 97.1 Å². The highest BCUT2D eigenvalue weighted by Crippen LogP contribution is 2.33. The van der Waals surface area contributed by atoms with E-state index in [1.807, 2.05) is 6.07 Å². The Bertz CT molecular complexity index is 706. The van der Waals surface area contributed by atoms with Crippen molar-refractivity contribution in [3.63, 3.8) is 0 Å². The second-order valence-electron chi connectivity index (χ2n) is 5.91. The standard InChI is InChI=1S/C16H18N4O3/c21-14(22)11-16(6-1-2-7-16)18-15(23)12-4-3-5-13(10-12)20-9-8-17-19-20/h3-5,8-10H,1-2,6-7,11H2,(H,18,23)(H,21,22). The SMILES string of the molecule is O=C(O)CC1(NC(=O)c2cccc(-n3ccnn3)c2)CCCC1. The summed E-state index contributed by atoms with van der Waals surface area (Å²) in [5.41, 5.74) is 0.579. The summed E-state index contributed by atoms with van der Waals surface area (Å²) >= 11 is 0. The number of carbonyl (C=O) groups is 2. The molecule has 7 heteroatoms. The van der Waals surface area contributed by atoms with Crippen molar-refractivity contribution in [3.8, 4) is 5.69 Å². The minimum atomic E-state index is -0.886. The van der Waals surface area contributed by atoms with Crippen molar-refractivity contribution in [2.75, 3.05) is 0 Å². The van der Waals surface area contributed by atoms with E-state index in [0.29, 0.717) is 18.4 Å². The first-order chi connectivity index (χ1) is 11.1. The van der Waals surface area contributed by atoms with Crippen LogP contribution in [-0.2, 0) is 4.79 Å². The summed E-state index contributed by atoms with van der Waals surface area (Å²) in [6, 6.07) is 7.02. The highest BCUT2D eigenvalue weighted by atomic mass is 16.4. The Morgan fingerprint density at radius 3 is 2.74 bits per heavy atom. The fraction of sp³-hybridized carbons (Fsp3) is 0.375. The Morgan fingerprint density at radius 1 is 1.30 bits per heavy atom. The maximum Gasteiger partial charge on any atom is 0.305 e. The third-order valence-electron chi connectivity index (χ3n) is 4.22. The van der Waals surface area contributed by atoms with E-state index in [9.17, 15) is 9.59 Å². The van der Waals surface area contributed by atoms with Crippen LogP contribution in [0, 0.1) is 0 Å². The minimum Gasteiger partial charge on any atom is -0.481 e. The van der Waals surface area contributed by atoms with E-state index < -0.39 is 11.5 Å². The largest absolute Gasteiger partial charge is 0.481 e. The van der Waals surface area contributed by atoms with Crippen molar-refractivity contribution in [3.05, 3.63) is 42.2 Å². The molecule has 3 rings (SSSR count). The van der Waals surface area contributed by atoms with Gasteiger partial charge in [-0.1, -0.05) is 24.1 Å². The molecule has 1 fully saturated rings. The summed E-state index contributed by atoms with van der Waals surface area (Å²) in [5, 5.41) is 19.7. The Morgan fingerprint density at radius 2 is 2.09 bits per heavy atom. The van der Waals surface area contributed by atoms with Gasteiger partial charge in [-0.25, -0.2) is 4.68 Å². The molecule has 2 N–H and O–H groups in total. The molecule has 1 aromatic carbocycles. The lowest BCUT2D eigenvalue weighted by atomic mass is 9.92. The second kappa shape index (κ2) is 6.20. The Labute approximate surface area is 133 Å². The lowest BCUT2D eigenvalue weighted by molar-refractivity contribution is -0.138. The molecule has 0 bridgehead atoms. The maximum absolute atomic E-state index is 12.6. The van der Waals surface area contributed by atoms with Gasteiger partial charge in [-0.3, -0.25) is 9.59 Å². The third kappa shape index (κ3) is 3.39. The smallest absolute Gasteiger partial charge is 0.305 e. The van der Waals surface area contributed by atoms with Crippen molar-refractivity contribution < 1.29 is 14.7 Å². The van der Waals surface area contributed by atoms with Gasteiger partial charge in [0.25, 0.3) is 5.91 Å². The van der Waals surface area contributed by atoms with E-state index in [1.54, 1.807) is 35.3 Å². The fourth-order valence-corrected chi connectivity index (χ4v) is 3.14. The summed E-state index contributed by atoms with van der Waals surface area (Å²) in [4.78, 5) is 23.7. The summed E-state index contributed by atoms with van der Waals surface area (Å²) in [5.74, 6) is -1.14. The van der Waals surface area contributed by atoms with Gasteiger partial charge in [-0.05, 0) is 31.0 Å². The first-order valence-corrected chi connectivity index (χ1v) is 7.59. The van der Waals surface area contributed by atoms with Gasteiger partial charge in [-0.2, -0.15) is 0 Å². The van der Waals surface area contributed by atoms with Gasteiger partial charge < -0.3 is 10.4 Å². The zero-order valence-corrected chi connectivity index (χ0v) is 12.6. The van der Waals surface area contributed by atoms with Crippen molar-refractivity contribution in [2.45, 2.75) is 37.6 Å². The van der Waals surface area contributed by atoms with E-state index in [-0.39, 0.29) is 12.3 Å². The van der Waals surface area contributed by atoms with E-state index in [0.717, 1.165) is 18.5 Å². The van der Waals surface area contributed by atoms with Crippen LogP contribution in [0.25, 0.3) is 5.69 Å². The Kier molecular flexibility index (Phi) is 4.10.